The number of nitrogens with zero attached hydrogens (tertiary/aromatic N) is 1. The van der Waals surface area contributed by atoms with Crippen LogP contribution >= 0.6 is 0 Å². The fourth-order valence-corrected chi connectivity index (χ4v) is 5.85. The van der Waals surface area contributed by atoms with Gasteiger partial charge >= 0.3 is 11.8 Å². The van der Waals surface area contributed by atoms with E-state index in [-0.39, 0.29) is 5.75 Å². The number of allylic oxidation sites excluding steroid dienone is 2. The SMILES string of the molecule is O=C(NC[C@H]1C[C@H]2C=C[C@H]1C2)C(=O)Nc1cccc(N2CCCS2(=O)=O)c1. The van der Waals surface area contributed by atoms with Gasteiger partial charge in [-0.3, -0.25) is 13.9 Å². The van der Waals surface area contributed by atoms with Gasteiger partial charge in [0.15, 0.2) is 0 Å². The lowest BCUT2D eigenvalue weighted by molar-refractivity contribution is -0.136. The molecule has 1 heterocycles. The number of anilines is 2. The number of carbonyl (C=O) groups excluding carboxylic acids is 2. The number of rotatable bonds is 4. The monoisotopic (exact) mass is 389 g/mol. The Bertz CT molecular complexity index is 896. The van der Waals surface area contributed by atoms with Crippen LogP contribution in [0.15, 0.2) is 36.4 Å². The quantitative estimate of drug-likeness (QED) is 0.602. The number of hydrogen-bond acceptors (Lipinski definition) is 4. The van der Waals surface area contributed by atoms with Crippen molar-refractivity contribution in [2.75, 3.05) is 28.5 Å². The Morgan fingerprint density at radius 2 is 2.00 bits per heavy atom. The fraction of sp³-hybridized carbons (Fsp3) is 0.474. The van der Waals surface area contributed by atoms with Crippen molar-refractivity contribution in [2.24, 2.45) is 17.8 Å². The maximum atomic E-state index is 12.2. The Hall–Kier alpha value is -2.35. The van der Waals surface area contributed by atoms with E-state index in [2.05, 4.69) is 22.8 Å². The highest BCUT2D eigenvalue weighted by atomic mass is 32.2. The van der Waals surface area contributed by atoms with Gasteiger partial charge in [-0.25, -0.2) is 8.42 Å². The van der Waals surface area contributed by atoms with Crippen molar-refractivity contribution in [1.82, 2.24) is 5.32 Å². The van der Waals surface area contributed by atoms with Gasteiger partial charge in [-0.05, 0) is 55.2 Å². The molecule has 3 aliphatic rings. The second kappa shape index (κ2) is 6.99. The first-order chi connectivity index (χ1) is 12.9. The Balaban J connectivity index is 1.34. The van der Waals surface area contributed by atoms with E-state index >= 15 is 0 Å². The molecule has 7 nitrogen and oxygen atoms in total. The average Bonchev–Trinajstić information content (AvgIpc) is 3.34. The van der Waals surface area contributed by atoms with Gasteiger partial charge in [0.1, 0.15) is 0 Å². The van der Waals surface area contributed by atoms with Crippen molar-refractivity contribution in [2.45, 2.75) is 19.3 Å². The predicted molar refractivity (Wildman–Crippen MR) is 103 cm³/mol. The van der Waals surface area contributed by atoms with Crippen LogP contribution in [0.3, 0.4) is 0 Å². The van der Waals surface area contributed by atoms with Crippen LogP contribution in [0.4, 0.5) is 11.4 Å². The van der Waals surface area contributed by atoms with Gasteiger partial charge in [-0.1, -0.05) is 18.2 Å². The van der Waals surface area contributed by atoms with E-state index < -0.39 is 21.8 Å². The summed E-state index contributed by atoms with van der Waals surface area (Å²) in [5.74, 6) is 0.258. The Morgan fingerprint density at radius 3 is 2.67 bits per heavy atom. The van der Waals surface area contributed by atoms with Crippen LogP contribution in [0, 0.1) is 17.8 Å². The smallest absolute Gasteiger partial charge is 0.313 e. The van der Waals surface area contributed by atoms with E-state index in [0.717, 1.165) is 12.8 Å². The lowest BCUT2D eigenvalue weighted by atomic mass is 9.94. The zero-order chi connectivity index (χ0) is 19.0. The highest BCUT2D eigenvalue weighted by Gasteiger charge is 2.35. The lowest BCUT2D eigenvalue weighted by Gasteiger charge is -2.19. The summed E-state index contributed by atoms with van der Waals surface area (Å²) in [5, 5.41) is 5.28. The second-order valence-electron chi connectivity index (χ2n) is 7.50. The molecule has 3 atom stereocenters. The van der Waals surface area contributed by atoms with E-state index in [1.54, 1.807) is 24.3 Å². The third kappa shape index (κ3) is 3.71. The van der Waals surface area contributed by atoms with Crippen LogP contribution in [0.5, 0.6) is 0 Å². The van der Waals surface area contributed by atoms with Gasteiger partial charge in [-0.2, -0.15) is 0 Å². The van der Waals surface area contributed by atoms with Crippen LogP contribution in [0.25, 0.3) is 0 Å². The van der Waals surface area contributed by atoms with Crippen LogP contribution in [-0.4, -0.2) is 39.1 Å². The molecule has 2 bridgehead atoms. The molecular weight excluding hydrogens is 366 g/mol. The molecular formula is C19H23N3O4S. The molecule has 2 N–H and O–H groups in total. The minimum absolute atomic E-state index is 0.129. The molecule has 2 fully saturated rings. The summed E-state index contributed by atoms with van der Waals surface area (Å²) in [4.78, 5) is 24.3. The minimum atomic E-state index is -3.29. The van der Waals surface area contributed by atoms with E-state index in [4.69, 9.17) is 0 Å². The number of fused-ring (bicyclic) bond motifs is 2. The van der Waals surface area contributed by atoms with E-state index in [1.165, 1.54) is 4.31 Å². The summed E-state index contributed by atoms with van der Waals surface area (Å²) in [6.07, 6.45) is 7.25. The zero-order valence-corrected chi connectivity index (χ0v) is 15.7. The highest BCUT2D eigenvalue weighted by Crippen LogP contribution is 2.42. The summed E-state index contributed by atoms with van der Waals surface area (Å²) < 4.78 is 25.4. The van der Waals surface area contributed by atoms with Crippen molar-refractivity contribution >= 4 is 33.2 Å². The maximum absolute atomic E-state index is 12.2. The van der Waals surface area contributed by atoms with Gasteiger partial charge in [0.2, 0.25) is 10.0 Å². The topological polar surface area (TPSA) is 95.6 Å². The summed E-state index contributed by atoms with van der Waals surface area (Å²) in [7, 11) is -3.29. The van der Waals surface area contributed by atoms with Crippen LogP contribution in [-0.2, 0) is 19.6 Å². The first-order valence-electron chi connectivity index (χ1n) is 9.30. The molecule has 0 aromatic heterocycles. The van der Waals surface area contributed by atoms with Crippen molar-refractivity contribution in [3.8, 4) is 0 Å². The van der Waals surface area contributed by atoms with Gasteiger partial charge in [0.05, 0.1) is 11.4 Å². The molecule has 1 aromatic carbocycles. The first-order valence-corrected chi connectivity index (χ1v) is 10.9. The normalized spacial score (nSPS) is 27.7. The van der Waals surface area contributed by atoms with E-state index in [1.807, 2.05) is 0 Å². The van der Waals surface area contributed by atoms with E-state index in [9.17, 15) is 18.0 Å². The molecule has 2 aliphatic carbocycles. The van der Waals surface area contributed by atoms with Gasteiger partial charge in [-0.15, -0.1) is 0 Å². The molecule has 1 aromatic rings. The molecule has 4 rings (SSSR count). The van der Waals surface area contributed by atoms with Crippen LogP contribution < -0.4 is 14.9 Å². The molecule has 1 saturated carbocycles. The largest absolute Gasteiger partial charge is 0.348 e. The van der Waals surface area contributed by atoms with Crippen molar-refractivity contribution in [1.29, 1.82) is 0 Å². The summed E-state index contributed by atoms with van der Waals surface area (Å²) in [6.45, 7) is 0.933. The third-order valence-electron chi connectivity index (χ3n) is 5.64. The fourth-order valence-electron chi connectivity index (χ4n) is 4.29. The molecule has 1 aliphatic heterocycles. The van der Waals surface area contributed by atoms with Crippen molar-refractivity contribution < 1.29 is 18.0 Å². The Labute approximate surface area is 158 Å². The summed E-state index contributed by atoms with van der Waals surface area (Å²) in [5.41, 5.74) is 0.900. The molecule has 27 heavy (non-hydrogen) atoms. The molecule has 8 heteroatoms. The molecule has 1 saturated heterocycles. The number of sulfonamides is 1. The number of carbonyl (C=O) groups is 2. The number of benzene rings is 1. The standard InChI is InChI=1S/C19H23N3O4S/c23-18(20-12-15-10-13-5-6-14(15)9-13)19(24)21-16-3-1-4-17(11-16)22-7-2-8-27(22,25)26/h1,3-6,11,13-15H,2,7-10,12H2,(H,20,23)(H,21,24)/t13-,14-,15+/m0/s1. The third-order valence-corrected chi connectivity index (χ3v) is 7.51. The highest BCUT2D eigenvalue weighted by molar-refractivity contribution is 7.93. The number of amides is 2. The average molecular weight is 389 g/mol. The molecule has 144 valence electrons. The van der Waals surface area contributed by atoms with Crippen LogP contribution in [0.2, 0.25) is 0 Å². The van der Waals surface area contributed by atoms with Gasteiger partial charge < -0.3 is 10.6 Å². The zero-order valence-electron chi connectivity index (χ0n) is 14.9. The molecule has 2 amide bonds. The van der Waals surface area contributed by atoms with Crippen molar-refractivity contribution in [3.05, 3.63) is 36.4 Å². The Kier molecular flexibility index (Phi) is 4.67. The van der Waals surface area contributed by atoms with Gasteiger partial charge in [0, 0.05) is 18.8 Å². The molecule has 0 radical (unpaired) electrons. The Morgan fingerprint density at radius 1 is 1.15 bits per heavy atom. The lowest BCUT2D eigenvalue weighted by Crippen LogP contribution is -2.38. The summed E-state index contributed by atoms with van der Waals surface area (Å²) >= 11 is 0. The number of hydrogen-bond donors (Lipinski definition) is 2. The second-order valence-corrected chi connectivity index (χ2v) is 9.51. The maximum Gasteiger partial charge on any atom is 0.313 e. The molecule has 0 unspecified atom stereocenters. The number of nitrogens with one attached hydrogen (secondary N) is 2. The van der Waals surface area contributed by atoms with Crippen molar-refractivity contribution in [3.63, 3.8) is 0 Å². The van der Waals surface area contributed by atoms with Gasteiger partial charge in [0.25, 0.3) is 0 Å². The predicted octanol–water partition coefficient (Wildman–Crippen LogP) is 1.49. The first kappa shape index (κ1) is 18.0. The molecule has 0 spiro atoms. The van der Waals surface area contributed by atoms with Crippen LogP contribution in [0.1, 0.15) is 19.3 Å². The summed E-state index contributed by atoms with van der Waals surface area (Å²) in [6, 6.07) is 6.56. The minimum Gasteiger partial charge on any atom is -0.348 e. The van der Waals surface area contributed by atoms with E-state index in [0.29, 0.717) is 48.6 Å².